The molecule has 10 heteroatoms. The quantitative estimate of drug-likeness (QED) is 0.442. The molecule has 1 aliphatic rings. The van der Waals surface area contributed by atoms with Gasteiger partial charge in [0.15, 0.2) is 0 Å². The van der Waals surface area contributed by atoms with E-state index in [2.05, 4.69) is 20.8 Å². The fourth-order valence-corrected chi connectivity index (χ4v) is 3.57. The molecule has 1 aliphatic carbocycles. The van der Waals surface area contributed by atoms with Gasteiger partial charge in [-0.1, -0.05) is 19.3 Å². The first kappa shape index (κ1) is 29.6. The molecule has 202 valence electrons. The SMILES string of the molecule is COC(C)(C)C.COc1cc2[nH]ncc2cc1C(=O)Nc1cccn(C)c1=O.O=CNC1CCCCC1. The number of aromatic amines is 1. The van der Waals surface area contributed by atoms with Gasteiger partial charge in [-0.3, -0.25) is 19.5 Å². The molecule has 0 atom stereocenters. The van der Waals surface area contributed by atoms with Crippen LogP contribution in [0.5, 0.6) is 5.75 Å². The normalized spacial score (nSPS) is 13.5. The largest absolute Gasteiger partial charge is 0.496 e. The van der Waals surface area contributed by atoms with Gasteiger partial charge in [-0.25, -0.2) is 0 Å². The number of hydrogen-bond acceptors (Lipinski definition) is 6. The molecule has 0 unspecified atom stereocenters. The number of aryl methyl sites for hydroxylation is 1. The van der Waals surface area contributed by atoms with Gasteiger partial charge < -0.3 is 24.7 Å². The van der Waals surface area contributed by atoms with E-state index in [-0.39, 0.29) is 16.8 Å². The van der Waals surface area contributed by atoms with E-state index in [0.29, 0.717) is 17.4 Å². The molecule has 3 N–H and O–H groups in total. The molecule has 1 saturated carbocycles. The Morgan fingerprint density at radius 2 is 1.86 bits per heavy atom. The number of benzene rings is 1. The van der Waals surface area contributed by atoms with Crippen molar-refractivity contribution in [2.45, 2.75) is 64.5 Å². The Morgan fingerprint density at radius 1 is 1.19 bits per heavy atom. The third kappa shape index (κ3) is 9.38. The van der Waals surface area contributed by atoms with Crippen molar-refractivity contribution in [3.05, 3.63) is 52.6 Å². The fourth-order valence-electron chi connectivity index (χ4n) is 3.57. The molecule has 3 aromatic rings. The molecule has 10 nitrogen and oxygen atoms in total. The Hall–Kier alpha value is -3.66. The molecular weight excluding hydrogens is 474 g/mol. The Labute approximate surface area is 217 Å². The summed E-state index contributed by atoms with van der Waals surface area (Å²) in [6.45, 7) is 6.06. The monoisotopic (exact) mass is 513 g/mol. The first-order valence-corrected chi connectivity index (χ1v) is 12.3. The number of aromatic nitrogens is 3. The fraction of sp³-hybridized carbons (Fsp3) is 0.481. The molecule has 0 spiro atoms. The summed E-state index contributed by atoms with van der Waals surface area (Å²) in [5.74, 6) is -0.00902. The second-order valence-electron chi connectivity index (χ2n) is 9.74. The highest BCUT2D eigenvalue weighted by Gasteiger charge is 2.16. The van der Waals surface area contributed by atoms with Gasteiger partial charge in [0.2, 0.25) is 6.41 Å². The van der Waals surface area contributed by atoms with Gasteiger partial charge in [-0.15, -0.1) is 0 Å². The zero-order valence-electron chi connectivity index (χ0n) is 22.6. The van der Waals surface area contributed by atoms with E-state index in [1.165, 1.54) is 43.8 Å². The van der Waals surface area contributed by atoms with Crippen LogP contribution in [0.1, 0.15) is 63.2 Å². The average molecular weight is 514 g/mol. The van der Waals surface area contributed by atoms with E-state index in [1.807, 2.05) is 20.8 Å². The van der Waals surface area contributed by atoms with Crippen LogP contribution in [0, 0.1) is 0 Å². The summed E-state index contributed by atoms with van der Waals surface area (Å²) >= 11 is 0. The van der Waals surface area contributed by atoms with E-state index in [0.717, 1.165) is 17.3 Å². The van der Waals surface area contributed by atoms with Crippen LogP contribution in [0.3, 0.4) is 0 Å². The van der Waals surface area contributed by atoms with Gasteiger partial charge in [0, 0.05) is 37.8 Å². The molecule has 37 heavy (non-hydrogen) atoms. The maximum absolute atomic E-state index is 12.5. The molecule has 0 bridgehead atoms. The van der Waals surface area contributed by atoms with Gasteiger partial charge in [0.05, 0.1) is 30.0 Å². The van der Waals surface area contributed by atoms with Crippen molar-refractivity contribution >= 4 is 28.9 Å². The topological polar surface area (TPSA) is 127 Å². The van der Waals surface area contributed by atoms with Gasteiger partial charge in [-0.05, 0) is 51.8 Å². The van der Waals surface area contributed by atoms with Crippen LogP contribution in [0.25, 0.3) is 10.9 Å². The highest BCUT2D eigenvalue weighted by atomic mass is 16.5. The van der Waals surface area contributed by atoms with E-state index in [1.54, 1.807) is 50.8 Å². The van der Waals surface area contributed by atoms with E-state index in [9.17, 15) is 14.4 Å². The van der Waals surface area contributed by atoms with E-state index >= 15 is 0 Å². The standard InChI is InChI=1S/C15H14N4O3.C7H13NO.C5H12O/c1-19-5-3-4-11(15(19)21)17-14(20)10-6-9-8-16-18-12(9)7-13(10)22-2;9-6-8-7-4-2-1-3-5-7;1-5(2,3)6-4/h3-8H,1-2H3,(H,16,18)(H,17,20);6-7H,1-5H2,(H,8,9);1-4H3. The predicted octanol–water partition coefficient (Wildman–Crippen LogP) is 4.02. The maximum atomic E-state index is 12.5. The second-order valence-corrected chi connectivity index (χ2v) is 9.74. The van der Waals surface area contributed by atoms with E-state index < -0.39 is 5.91 Å². The molecule has 2 amide bonds. The van der Waals surface area contributed by atoms with Crippen LogP contribution in [0.2, 0.25) is 0 Å². The highest BCUT2D eigenvalue weighted by Crippen LogP contribution is 2.25. The number of carbonyl (C=O) groups is 2. The minimum Gasteiger partial charge on any atom is -0.496 e. The van der Waals surface area contributed by atoms with Crippen LogP contribution >= 0.6 is 0 Å². The van der Waals surface area contributed by atoms with Crippen molar-refractivity contribution in [1.82, 2.24) is 20.1 Å². The third-order valence-electron chi connectivity index (χ3n) is 5.90. The first-order chi connectivity index (χ1) is 17.6. The maximum Gasteiger partial charge on any atom is 0.274 e. The lowest BCUT2D eigenvalue weighted by Crippen LogP contribution is -2.29. The average Bonchev–Trinajstić information content (AvgIpc) is 3.35. The van der Waals surface area contributed by atoms with Gasteiger partial charge in [0.1, 0.15) is 11.4 Å². The number of ether oxygens (including phenoxy) is 2. The Bertz CT molecular complexity index is 1210. The summed E-state index contributed by atoms with van der Waals surface area (Å²) in [6.07, 6.45) is 10.3. The number of amides is 2. The Balaban J connectivity index is 0.000000264. The predicted molar refractivity (Wildman–Crippen MR) is 145 cm³/mol. The van der Waals surface area contributed by atoms with Crippen LogP contribution < -0.4 is 20.9 Å². The van der Waals surface area contributed by atoms with Crippen molar-refractivity contribution in [2.24, 2.45) is 7.05 Å². The number of anilines is 1. The van der Waals surface area contributed by atoms with Crippen molar-refractivity contribution in [2.75, 3.05) is 19.5 Å². The summed E-state index contributed by atoms with van der Waals surface area (Å²) < 4.78 is 11.6. The lowest BCUT2D eigenvalue weighted by molar-refractivity contribution is -0.110. The minimum atomic E-state index is -0.414. The molecule has 2 heterocycles. The number of hydrogen-bond donors (Lipinski definition) is 3. The number of nitrogens with one attached hydrogen (secondary N) is 3. The number of H-pyrrole nitrogens is 1. The van der Waals surface area contributed by atoms with Gasteiger partial charge >= 0.3 is 0 Å². The lowest BCUT2D eigenvalue weighted by atomic mass is 9.96. The Kier molecular flexibility index (Phi) is 11.3. The molecule has 0 saturated heterocycles. The molecule has 1 aromatic carbocycles. The number of methoxy groups -OCH3 is 2. The zero-order chi connectivity index (χ0) is 27.4. The summed E-state index contributed by atoms with van der Waals surface area (Å²) in [4.78, 5) is 34.4. The van der Waals surface area contributed by atoms with Crippen molar-refractivity contribution in [1.29, 1.82) is 0 Å². The first-order valence-electron chi connectivity index (χ1n) is 12.3. The van der Waals surface area contributed by atoms with Crippen molar-refractivity contribution in [3.8, 4) is 5.75 Å². The number of carbonyl (C=O) groups excluding carboxylic acids is 2. The number of nitrogens with zero attached hydrogens (tertiary/aromatic N) is 2. The highest BCUT2D eigenvalue weighted by molar-refractivity contribution is 6.08. The van der Waals surface area contributed by atoms with Crippen LogP contribution in [-0.2, 0) is 16.6 Å². The van der Waals surface area contributed by atoms with Gasteiger partial charge in [-0.2, -0.15) is 5.10 Å². The lowest BCUT2D eigenvalue weighted by Gasteiger charge is -2.19. The van der Waals surface area contributed by atoms with Crippen LogP contribution in [0.15, 0.2) is 41.5 Å². The van der Waals surface area contributed by atoms with E-state index in [4.69, 9.17) is 9.47 Å². The summed E-state index contributed by atoms with van der Waals surface area (Å²) in [6, 6.07) is 7.09. The van der Waals surface area contributed by atoms with Crippen molar-refractivity contribution in [3.63, 3.8) is 0 Å². The summed E-state index contributed by atoms with van der Waals surface area (Å²) in [5.41, 5.74) is 1.08. The molecule has 4 rings (SSSR count). The van der Waals surface area contributed by atoms with Crippen molar-refractivity contribution < 1.29 is 19.1 Å². The zero-order valence-corrected chi connectivity index (χ0v) is 22.6. The van der Waals surface area contributed by atoms with Crippen LogP contribution in [0.4, 0.5) is 5.69 Å². The van der Waals surface area contributed by atoms with Crippen LogP contribution in [-0.4, -0.2) is 52.9 Å². The minimum absolute atomic E-state index is 0.0417. The smallest absolute Gasteiger partial charge is 0.274 e. The number of fused-ring (bicyclic) bond motifs is 1. The molecule has 0 radical (unpaired) electrons. The summed E-state index contributed by atoms with van der Waals surface area (Å²) in [5, 5.41) is 12.9. The van der Waals surface area contributed by atoms with Gasteiger partial charge in [0.25, 0.3) is 11.5 Å². The second kappa shape index (κ2) is 14.2. The molecular formula is C27H39N5O5. The molecule has 2 aromatic heterocycles. The molecule has 1 fully saturated rings. The number of rotatable bonds is 5. The molecule has 0 aliphatic heterocycles. The third-order valence-corrected chi connectivity index (χ3v) is 5.90. The summed E-state index contributed by atoms with van der Waals surface area (Å²) in [7, 11) is 4.81. The Morgan fingerprint density at radius 3 is 2.46 bits per heavy atom. The number of pyridine rings is 1.